The number of para-hydroxylation sites is 1. The summed E-state index contributed by atoms with van der Waals surface area (Å²) in [7, 11) is 0. The molecule has 0 bridgehead atoms. The minimum absolute atomic E-state index is 0. The molecule has 176 valence electrons. The van der Waals surface area contributed by atoms with Gasteiger partial charge in [-0.15, -0.1) is 24.0 Å². The van der Waals surface area contributed by atoms with Crippen molar-refractivity contribution < 1.29 is 27.4 Å². The van der Waals surface area contributed by atoms with Crippen LogP contribution >= 0.6 is 24.0 Å². The van der Waals surface area contributed by atoms with Gasteiger partial charge in [0.1, 0.15) is 5.82 Å². The molecular weight excluding hydrogens is 540 g/mol. The van der Waals surface area contributed by atoms with Crippen LogP contribution in [0.5, 0.6) is 11.5 Å². The molecule has 2 aromatic carbocycles. The number of guanidine groups is 1. The Balaban J connectivity index is 0.00000512. The Bertz CT molecular complexity index is 883. The molecule has 0 aromatic heterocycles. The largest absolute Gasteiger partial charge is 0.490 e. The average Bonchev–Trinajstić information content (AvgIpc) is 2.73. The van der Waals surface area contributed by atoms with Gasteiger partial charge in [0, 0.05) is 17.8 Å². The van der Waals surface area contributed by atoms with E-state index >= 15 is 0 Å². The summed E-state index contributed by atoms with van der Waals surface area (Å²) in [5.74, 6) is -0.333. The van der Waals surface area contributed by atoms with Gasteiger partial charge in [0.05, 0.1) is 19.7 Å². The van der Waals surface area contributed by atoms with Crippen molar-refractivity contribution in [2.24, 2.45) is 4.99 Å². The Morgan fingerprint density at radius 1 is 1.09 bits per heavy atom. The number of carbonyl (C=O) groups excluding carboxylic acids is 1. The van der Waals surface area contributed by atoms with E-state index in [2.05, 4.69) is 25.7 Å². The lowest BCUT2D eigenvalue weighted by atomic mass is 10.2. The molecule has 0 unspecified atom stereocenters. The first-order valence-electron chi connectivity index (χ1n) is 9.70. The molecule has 2 rings (SSSR count). The number of alkyl halides is 2. The quantitative estimate of drug-likeness (QED) is 0.229. The summed E-state index contributed by atoms with van der Waals surface area (Å²) in [6, 6.07) is 10.2. The van der Waals surface area contributed by atoms with Crippen LogP contribution in [0.4, 0.5) is 18.9 Å². The number of anilines is 1. The van der Waals surface area contributed by atoms with Crippen LogP contribution < -0.4 is 25.4 Å². The van der Waals surface area contributed by atoms with E-state index in [0.717, 1.165) is 0 Å². The molecule has 0 aliphatic carbocycles. The number of nitrogens with zero attached hydrogens (tertiary/aromatic N) is 1. The molecule has 2 aromatic rings. The first-order valence-corrected chi connectivity index (χ1v) is 9.70. The second-order valence-electron chi connectivity index (χ2n) is 6.16. The summed E-state index contributed by atoms with van der Waals surface area (Å²) >= 11 is 0. The zero-order chi connectivity index (χ0) is 22.6. The first kappa shape index (κ1) is 27.3. The maximum absolute atomic E-state index is 12.9. The van der Waals surface area contributed by atoms with Gasteiger partial charge in [-0.25, -0.2) is 9.38 Å². The van der Waals surface area contributed by atoms with Gasteiger partial charge in [0.2, 0.25) is 5.91 Å². The average molecular weight is 566 g/mol. The topological polar surface area (TPSA) is 84.0 Å². The molecule has 0 spiro atoms. The van der Waals surface area contributed by atoms with E-state index in [9.17, 15) is 18.0 Å². The summed E-state index contributed by atoms with van der Waals surface area (Å²) in [6.45, 7) is 1.29. The molecule has 7 nitrogen and oxygen atoms in total. The van der Waals surface area contributed by atoms with Gasteiger partial charge >= 0.3 is 6.61 Å². The number of aliphatic imine (C=N–C) groups is 1. The van der Waals surface area contributed by atoms with Crippen LogP contribution in [-0.2, 0) is 11.3 Å². The molecule has 0 heterocycles. The zero-order valence-corrected chi connectivity index (χ0v) is 20.0. The highest BCUT2D eigenvalue weighted by atomic mass is 127. The minimum atomic E-state index is -3.01. The van der Waals surface area contributed by atoms with Crippen LogP contribution in [0.15, 0.2) is 47.5 Å². The second-order valence-corrected chi connectivity index (χ2v) is 6.16. The van der Waals surface area contributed by atoms with Crippen LogP contribution in [0.25, 0.3) is 0 Å². The lowest BCUT2D eigenvalue weighted by Gasteiger charge is -2.15. The molecule has 3 N–H and O–H groups in total. The lowest BCUT2D eigenvalue weighted by molar-refractivity contribution is -0.115. The number of hydrogen-bond donors (Lipinski definition) is 3. The first-order chi connectivity index (χ1) is 14.9. The smallest absolute Gasteiger partial charge is 0.387 e. The number of carbonyl (C=O) groups is 1. The zero-order valence-electron chi connectivity index (χ0n) is 17.7. The maximum Gasteiger partial charge on any atom is 0.387 e. The van der Waals surface area contributed by atoms with Crippen molar-refractivity contribution in [3.63, 3.8) is 0 Å². The Kier molecular flexibility index (Phi) is 12.3. The van der Waals surface area contributed by atoms with Crippen LogP contribution in [-0.4, -0.2) is 38.2 Å². The van der Waals surface area contributed by atoms with E-state index in [1.165, 1.54) is 30.3 Å². The molecule has 32 heavy (non-hydrogen) atoms. The number of ether oxygens (including phenoxy) is 2. The Hall–Kier alpha value is -2.70. The number of hydrogen-bond acceptors (Lipinski definition) is 4. The van der Waals surface area contributed by atoms with Crippen molar-refractivity contribution in [3.05, 3.63) is 53.8 Å². The fourth-order valence-electron chi connectivity index (χ4n) is 2.59. The van der Waals surface area contributed by atoms with E-state index in [1.807, 2.05) is 6.92 Å². The van der Waals surface area contributed by atoms with Gasteiger partial charge in [0.25, 0.3) is 0 Å². The Morgan fingerprint density at radius 2 is 1.81 bits per heavy atom. The van der Waals surface area contributed by atoms with Crippen LogP contribution in [0, 0.1) is 5.82 Å². The van der Waals surface area contributed by atoms with Crippen molar-refractivity contribution >= 4 is 41.5 Å². The Morgan fingerprint density at radius 3 is 2.44 bits per heavy atom. The third kappa shape index (κ3) is 9.20. The van der Waals surface area contributed by atoms with E-state index in [-0.39, 0.29) is 54.5 Å². The van der Waals surface area contributed by atoms with Gasteiger partial charge < -0.3 is 25.4 Å². The number of nitrogens with one attached hydrogen (secondary N) is 3. The highest BCUT2D eigenvalue weighted by Crippen LogP contribution is 2.33. The number of benzene rings is 2. The van der Waals surface area contributed by atoms with Crippen LogP contribution in [0.3, 0.4) is 0 Å². The highest BCUT2D eigenvalue weighted by molar-refractivity contribution is 14.0. The van der Waals surface area contributed by atoms with E-state index in [4.69, 9.17) is 4.74 Å². The Labute approximate surface area is 201 Å². The predicted octanol–water partition coefficient (Wildman–Crippen LogP) is 4.14. The third-order valence-electron chi connectivity index (χ3n) is 3.86. The molecule has 11 heteroatoms. The highest BCUT2D eigenvalue weighted by Gasteiger charge is 2.16. The van der Waals surface area contributed by atoms with E-state index in [0.29, 0.717) is 30.4 Å². The fraction of sp³-hybridized carbons (Fsp3) is 0.333. The third-order valence-corrected chi connectivity index (χ3v) is 3.86. The molecule has 0 saturated heterocycles. The van der Waals surface area contributed by atoms with Crippen LogP contribution in [0.2, 0.25) is 0 Å². The van der Waals surface area contributed by atoms with Crippen molar-refractivity contribution in [2.75, 3.05) is 25.0 Å². The number of amides is 1. The molecular formula is C21H26F3IN4O3. The molecule has 0 aliphatic rings. The van der Waals surface area contributed by atoms with Gasteiger partial charge in [-0.3, -0.25) is 4.79 Å². The normalized spacial score (nSPS) is 10.9. The lowest BCUT2D eigenvalue weighted by Crippen LogP contribution is -2.41. The second kappa shape index (κ2) is 14.4. The summed E-state index contributed by atoms with van der Waals surface area (Å²) in [6.07, 6.45) is 0. The monoisotopic (exact) mass is 566 g/mol. The molecule has 0 radical (unpaired) electrons. The van der Waals surface area contributed by atoms with Crippen molar-refractivity contribution in [1.82, 2.24) is 10.6 Å². The fourth-order valence-corrected chi connectivity index (χ4v) is 2.59. The van der Waals surface area contributed by atoms with Gasteiger partial charge in [-0.05, 0) is 44.2 Å². The molecule has 0 aliphatic heterocycles. The summed E-state index contributed by atoms with van der Waals surface area (Å²) in [5, 5.41) is 8.45. The van der Waals surface area contributed by atoms with Crippen molar-refractivity contribution in [2.45, 2.75) is 27.0 Å². The molecule has 0 atom stereocenters. The minimum Gasteiger partial charge on any atom is -0.490 e. The number of rotatable bonds is 10. The van der Waals surface area contributed by atoms with Gasteiger partial charge in [-0.2, -0.15) is 8.78 Å². The number of halogens is 4. The van der Waals surface area contributed by atoms with Gasteiger partial charge in [-0.1, -0.05) is 12.1 Å². The van der Waals surface area contributed by atoms with Gasteiger partial charge in [0.15, 0.2) is 17.5 Å². The van der Waals surface area contributed by atoms with E-state index < -0.39 is 12.4 Å². The maximum atomic E-state index is 12.9. The van der Waals surface area contributed by atoms with Crippen LogP contribution in [0.1, 0.15) is 19.4 Å². The SMILES string of the molecule is CCNC(=NCc1cccc(OCC)c1OC(F)F)NCC(=O)Nc1ccc(F)cc1.I. The standard InChI is InChI=1S/C21H25F3N4O3.HI/c1-3-25-21(27-13-18(29)28-16-10-8-15(22)9-11-16)26-12-14-6-5-7-17(30-4-2)19(14)31-20(23)24;/h5-11,20H,3-4,12-13H2,1-2H3,(H,28,29)(H2,25,26,27);1H. The molecule has 1 amide bonds. The summed E-state index contributed by atoms with van der Waals surface area (Å²) < 4.78 is 48.6. The molecule has 0 fully saturated rings. The predicted molar refractivity (Wildman–Crippen MR) is 128 cm³/mol. The van der Waals surface area contributed by atoms with E-state index in [1.54, 1.807) is 19.1 Å². The van der Waals surface area contributed by atoms with Crippen molar-refractivity contribution in [1.29, 1.82) is 0 Å². The summed E-state index contributed by atoms with van der Waals surface area (Å²) in [5.41, 5.74) is 0.857. The summed E-state index contributed by atoms with van der Waals surface area (Å²) in [4.78, 5) is 16.4. The molecule has 0 saturated carbocycles. The van der Waals surface area contributed by atoms with Crippen molar-refractivity contribution in [3.8, 4) is 11.5 Å².